The maximum absolute atomic E-state index is 12.1. The van der Waals surface area contributed by atoms with Gasteiger partial charge in [0.1, 0.15) is 5.75 Å². The van der Waals surface area contributed by atoms with Crippen molar-refractivity contribution in [3.63, 3.8) is 0 Å². The number of hydrogen-bond donors (Lipinski definition) is 2. The topological polar surface area (TPSA) is 64.4 Å². The number of alkyl halides is 2. The molecule has 112 valence electrons. The molecule has 4 nitrogen and oxygen atoms in total. The lowest BCUT2D eigenvalue weighted by Gasteiger charge is -2.36. The van der Waals surface area contributed by atoms with Crippen molar-refractivity contribution in [1.29, 1.82) is 0 Å². The summed E-state index contributed by atoms with van der Waals surface area (Å²) in [5.74, 6) is -0.432. The van der Waals surface area contributed by atoms with Crippen molar-refractivity contribution in [2.75, 3.05) is 5.32 Å². The van der Waals surface area contributed by atoms with Gasteiger partial charge in [-0.2, -0.15) is 8.78 Å². The third-order valence-corrected chi connectivity index (χ3v) is 3.40. The number of carbonyl (C=O) groups excluding carboxylic acids is 1. The van der Waals surface area contributed by atoms with E-state index in [0.717, 1.165) is 6.42 Å². The zero-order chi connectivity index (χ0) is 14.0. The van der Waals surface area contributed by atoms with Crippen LogP contribution in [0.2, 0.25) is 5.02 Å². The van der Waals surface area contributed by atoms with Gasteiger partial charge in [-0.05, 0) is 37.5 Å². The summed E-state index contributed by atoms with van der Waals surface area (Å²) in [7, 11) is 0. The van der Waals surface area contributed by atoms with Crippen molar-refractivity contribution in [1.82, 2.24) is 0 Å². The summed E-state index contributed by atoms with van der Waals surface area (Å²) >= 11 is 5.78. The van der Waals surface area contributed by atoms with Gasteiger partial charge in [0.15, 0.2) is 0 Å². The van der Waals surface area contributed by atoms with E-state index >= 15 is 0 Å². The molecule has 0 spiro atoms. The fourth-order valence-electron chi connectivity index (χ4n) is 1.81. The maximum Gasteiger partial charge on any atom is 0.387 e. The Morgan fingerprint density at radius 1 is 1.45 bits per heavy atom. The van der Waals surface area contributed by atoms with Crippen molar-refractivity contribution in [3.8, 4) is 5.75 Å². The number of hydrogen-bond acceptors (Lipinski definition) is 3. The van der Waals surface area contributed by atoms with Crippen LogP contribution >= 0.6 is 24.0 Å². The molecule has 1 saturated carbocycles. The van der Waals surface area contributed by atoms with E-state index in [1.165, 1.54) is 18.2 Å². The standard InChI is InChI=1S/C12H13ClF2N2O2.ClH/c13-8-6-7(2-3-9(8)19-11(14)15)17-10(18)12(16)4-1-5-12;/h2-3,6,11H,1,4-5,16H2,(H,17,18);1H. The summed E-state index contributed by atoms with van der Waals surface area (Å²) in [5, 5.41) is 2.61. The summed E-state index contributed by atoms with van der Waals surface area (Å²) < 4.78 is 28.3. The van der Waals surface area contributed by atoms with Crippen molar-refractivity contribution < 1.29 is 18.3 Å². The summed E-state index contributed by atoms with van der Waals surface area (Å²) in [6.45, 7) is -2.94. The zero-order valence-corrected chi connectivity index (χ0v) is 11.9. The SMILES string of the molecule is Cl.NC1(C(=O)Nc2ccc(OC(F)F)c(Cl)c2)CCC1. The Balaban J connectivity index is 0.00000200. The quantitative estimate of drug-likeness (QED) is 0.893. The maximum atomic E-state index is 12.1. The number of ether oxygens (including phenoxy) is 1. The molecule has 2 rings (SSSR count). The van der Waals surface area contributed by atoms with E-state index in [1.54, 1.807) is 0 Å². The Labute approximate surface area is 126 Å². The number of benzene rings is 1. The second kappa shape index (κ2) is 6.56. The number of carbonyl (C=O) groups is 1. The number of nitrogens with one attached hydrogen (secondary N) is 1. The number of anilines is 1. The largest absolute Gasteiger partial charge is 0.433 e. The highest BCUT2D eigenvalue weighted by atomic mass is 35.5. The van der Waals surface area contributed by atoms with Gasteiger partial charge < -0.3 is 15.8 Å². The first kappa shape index (κ1) is 16.9. The first-order valence-corrected chi connectivity index (χ1v) is 6.13. The lowest BCUT2D eigenvalue weighted by atomic mass is 9.77. The molecular weight excluding hydrogens is 313 g/mol. The molecule has 0 aliphatic heterocycles. The lowest BCUT2D eigenvalue weighted by Crippen LogP contribution is -2.56. The molecule has 0 saturated heterocycles. The lowest BCUT2D eigenvalue weighted by molar-refractivity contribution is -0.123. The van der Waals surface area contributed by atoms with Crippen LogP contribution in [-0.4, -0.2) is 18.1 Å². The van der Waals surface area contributed by atoms with Crippen LogP contribution in [-0.2, 0) is 4.79 Å². The van der Waals surface area contributed by atoms with Gasteiger partial charge in [0.2, 0.25) is 5.91 Å². The van der Waals surface area contributed by atoms with Gasteiger partial charge in [-0.25, -0.2) is 0 Å². The van der Waals surface area contributed by atoms with Crippen molar-refractivity contribution >= 4 is 35.6 Å². The van der Waals surface area contributed by atoms with Gasteiger partial charge in [0.25, 0.3) is 0 Å². The average molecular weight is 327 g/mol. The Morgan fingerprint density at radius 2 is 2.10 bits per heavy atom. The van der Waals surface area contributed by atoms with Gasteiger partial charge in [0, 0.05) is 5.69 Å². The zero-order valence-electron chi connectivity index (χ0n) is 10.4. The molecule has 0 unspecified atom stereocenters. The van der Waals surface area contributed by atoms with Gasteiger partial charge >= 0.3 is 6.61 Å². The van der Waals surface area contributed by atoms with E-state index < -0.39 is 12.2 Å². The Hall–Kier alpha value is -1.11. The summed E-state index contributed by atoms with van der Waals surface area (Å²) in [4.78, 5) is 11.9. The van der Waals surface area contributed by atoms with E-state index in [0.29, 0.717) is 18.5 Å². The molecule has 0 heterocycles. The number of amides is 1. The molecule has 1 aliphatic carbocycles. The summed E-state index contributed by atoms with van der Waals surface area (Å²) in [5.41, 5.74) is 5.43. The Morgan fingerprint density at radius 3 is 2.55 bits per heavy atom. The fourth-order valence-corrected chi connectivity index (χ4v) is 2.04. The molecule has 0 radical (unpaired) electrons. The normalized spacial score (nSPS) is 16.1. The van der Waals surface area contributed by atoms with Crippen LogP contribution in [0, 0.1) is 0 Å². The second-order valence-corrected chi connectivity index (χ2v) is 4.89. The Bertz CT molecular complexity index is 496. The molecule has 8 heteroatoms. The van der Waals surface area contributed by atoms with Crippen LogP contribution < -0.4 is 15.8 Å². The van der Waals surface area contributed by atoms with Crippen molar-refractivity contribution in [2.45, 2.75) is 31.4 Å². The van der Waals surface area contributed by atoms with E-state index in [2.05, 4.69) is 10.1 Å². The highest BCUT2D eigenvalue weighted by Gasteiger charge is 2.40. The van der Waals surface area contributed by atoms with Gasteiger partial charge in [-0.15, -0.1) is 12.4 Å². The molecule has 3 N–H and O–H groups in total. The minimum Gasteiger partial charge on any atom is -0.433 e. The molecule has 1 aromatic rings. The third kappa shape index (κ3) is 3.71. The minimum atomic E-state index is -2.94. The minimum absolute atomic E-state index is 0. The summed E-state index contributed by atoms with van der Waals surface area (Å²) in [6, 6.07) is 4.05. The van der Waals surface area contributed by atoms with Crippen LogP contribution in [0.3, 0.4) is 0 Å². The predicted molar refractivity (Wildman–Crippen MR) is 74.7 cm³/mol. The molecule has 0 atom stereocenters. The van der Waals surface area contributed by atoms with E-state index in [4.69, 9.17) is 17.3 Å². The van der Waals surface area contributed by atoms with Crippen LogP contribution in [0.15, 0.2) is 18.2 Å². The highest BCUT2D eigenvalue weighted by Crippen LogP contribution is 2.32. The molecule has 1 amide bonds. The number of halogens is 4. The van der Waals surface area contributed by atoms with Gasteiger partial charge in [0.05, 0.1) is 10.6 Å². The van der Waals surface area contributed by atoms with E-state index in [-0.39, 0.29) is 29.1 Å². The average Bonchev–Trinajstić information content (AvgIpc) is 2.29. The molecule has 1 aliphatic rings. The molecule has 0 aromatic heterocycles. The first-order valence-electron chi connectivity index (χ1n) is 5.75. The number of rotatable bonds is 4. The van der Waals surface area contributed by atoms with Crippen LogP contribution in [0.25, 0.3) is 0 Å². The Kier molecular flexibility index (Phi) is 5.56. The van der Waals surface area contributed by atoms with E-state index in [1.807, 2.05) is 0 Å². The van der Waals surface area contributed by atoms with Crippen LogP contribution in [0.5, 0.6) is 5.75 Å². The fraction of sp³-hybridized carbons (Fsp3) is 0.417. The molecule has 1 fully saturated rings. The molecular formula is C12H14Cl2F2N2O2. The van der Waals surface area contributed by atoms with E-state index in [9.17, 15) is 13.6 Å². The van der Waals surface area contributed by atoms with Crippen molar-refractivity contribution in [3.05, 3.63) is 23.2 Å². The number of nitrogens with two attached hydrogens (primary N) is 1. The molecule has 20 heavy (non-hydrogen) atoms. The molecule has 0 bridgehead atoms. The highest BCUT2D eigenvalue weighted by molar-refractivity contribution is 6.32. The smallest absolute Gasteiger partial charge is 0.387 e. The van der Waals surface area contributed by atoms with Gasteiger partial charge in [-0.1, -0.05) is 11.6 Å². The van der Waals surface area contributed by atoms with Gasteiger partial charge in [-0.3, -0.25) is 4.79 Å². The van der Waals surface area contributed by atoms with Crippen LogP contribution in [0.1, 0.15) is 19.3 Å². The van der Waals surface area contributed by atoms with Crippen molar-refractivity contribution in [2.24, 2.45) is 5.73 Å². The summed E-state index contributed by atoms with van der Waals surface area (Å²) in [6.07, 6.45) is 2.20. The monoisotopic (exact) mass is 326 g/mol. The first-order chi connectivity index (χ1) is 8.90. The third-order valence-electron chi connectivity index (χ3n) is 3.10. The second-order valence-electron chi connectivity index (χ2n) is 4.49. The van der Waals surface area contributed by atoms with Crippen LogP contribution in [0.4, 0.5) is 14.5 Å². The molecule has 1 aromatic carbocycles. The predicted octanol–water partition coefficient (Wildman–Crippen LogP) is 3.18.